The summed E-state index contributed by atoms with van der Waals surface area (Å²) in [6, 6.07) is 4.88. The number of nitrogens with zero attached hydrogens (tertiary/aromatic N) is 1. The van der Waals surface area contributed by atoms with E-state index in [1.54, 1.807) is 4.90 Å². The van der Waals surface area contributed by atoms with E-state index >= 15 is 0 Å². The zero-order valence-corrected chi connectivity index (χ0v) is 13.1. The molecule has 23 heavy (non-hydrogen) atoms. The van der Waals surface area contributed by atoms with Crippen molar-refractivity contribution in [2.45, 2.75) is 23.9 Å². The number of halogens is 3. The predicted molar refractivity (Wildman–Crippen MR) is 80.7 cm³/mol. The molecule has 1 saturated heterocycles. The lowest BCUT2D eigenvalue weighted by atomic mass is 9.97. The van der Waals surface area contributed by atoms with Crippen molar-refractivity contribution in [2.75, 3.05) is 18.8 Å². The summed E-state index contributed by atoms with van der Waals surface area (Å²) >= 11 is 1.05. The first-order valence-electron chi connectivity index (χ1n) is 7.14. The molecule has 1 fully saturated rings. The molecular formula is C15H17F3N2O2S. The van der Waals surface area contributed by atoms with Crippen LogP contribution in [0.5, 0.6) is 0 Å². The second-order valence-corrected chi connectivity index (χ2v) is 6.44. The lowest BCUT2D eigenvalue weighted by Gasteiger charge is -2.31. The van der Waals surface area contributed by atoms with Gasteiger partial charge in [0.25, 0.3) is 0 Å². The van der Waals surface area contributed by atoms with Gasteiger partial charge in [-0.05, 0) is 31.0 Å². The summed E-state index contributed by atoms with van der Waals surface area (Å²) in [4.78, 5) is 25.3. The van der Waals surface area contributed by atoms with Crippen LogP contribution in [0.2, 0.25) is 0 Å². The van der Waals surface area contributed by atoms with Crippen LogP contribution in [0.15, 0.2) is 29.2 Å². The van der Waals surface area contributed by atoms with Gasteiger partial charge in [0, 0.05) is 18.0 Å². The number of benzene rings is 1. The minimum atomic E-state index is -4.40. The van der Waals surface area contributed by atoms with Crippen LogP contribution in [0.25, 0.3) is 0 Å². The van der Waals surface area contributed by atoms with Gasteiger partial charge in [0.15, 0.2) is 0 Å². The number of alkyl halides is 3. The van der Waals surface area contributed by atoms with E-state index in [2.05, 4.69) is 0 Å². The molecule has 2 rings (SSSR count). The molecular weight excluding hydrogens is 329 g/mol. The van der Waals surface area contributed by atoms with E-state index in [4.69, 9.17) is 5.73 Å². The number of primary amides is 1. The molecule has 1 aliphatic rings. The molecule has 126 valence electrons. The normalized spacial score (nSPS) is 18.7. The second kappa shape index (κ2) is 7.25. The first-order valence-corrected chi connectivity index (χ1v) is 8.13. The van der Waals surface area contributed by atoms with Crippen LogP contribution in [-0.2, 0) is 15.8 Å². The topological polar surface area (TPSA) is 63.4 Å². The number of hydrogen-bond acceptors (Lipinski definition) is 3. The average Bonchev–Trinajstić information content (AvgIpc) is 2.52. The number of nitrogens with two attached hydrogens (primary N) is 1. The van der Waals surface area contributed by atoms with Crippen molar-refractivity contribution < 1.29 is 22.8 Å². The molecule has 0 bridgehead atoms. The Morgan fingerprint density at radius 1 is 1.35 bits per heavy atom. The van der Waals surface area contributed by atoms with Gasteiger partial charge < -0.3 is 10.6 Å². The molecule has 1 aromatic rings. The maximum atomic E-state index is 12.6. The van der Waals surface area contributed by atoms with Gasteiger partial charge in [0.2, 0.25) is 11.8 Å². The molecule has 1 heterocycles. The van der Waals surface area contributed by atoms with Crippen molar-refractivity contribution in [1.82, 2.24) is 4.90 Å². The Hall–Kier alpha value is -1.70. The van der Waals surface area contributed by atoms with E-state index in [-0.39, 0.29) is 24.1 Å². The minimum Gasteiger partial charge on any atom is -0.369 e. The van der Waals surface area contributed by atoms with Crippen LogP contribution in [0.4, 0.5) is 13.2 Å². The summed E-state index contributed by atoms with van der Waals surface area (Å²) in [6.45, 7) is 0.836. The van der Waals surface area contributed by atoms with Crippen molar-refractivity contribution in [1.29, 1.82) is 0 Å². The molecule has 1 unspecified atom stereocenters. The van der Waals surface area contributed by atoms with Gasteiger partial charge in [-0.1, -0.05) is 6.07 Å². The summed E-state index contributed by atoms with van der Waals surface area (Å²) in [7, 11) is 0. The van der Waals surface area contributed by atoms with Gasteiger partial charge in [-0.2, -0.15) is 13.2 Å². The third-order valence-corrected chi connectivity index (χ3v) is 4.68. The van der Waals surface area contributed by atoms with E-state index in [1.165, 1.54) is 12.1 Å². The van der Waals surface area contributed by atoms with Gasteiger partial charge >= 0.3 is 6.18 Å². The second-order valence-electron chi connectivity index (χ2n) is 5.40. The van der Waals surface area contributed by atoms with Crippen molar-refractivity contribution in [2.24, 2.45) is 11.7 Å². The number of rotatable bonds is 4. The Bertz CT molecular complexity index is 592. The fourth-order valence-electron chi connectivity index (χ4n) is 2.43. The highest BCUT2D eigenvalue weighted by Crippen LogP contribution is 2.32. The Morgan fingerprint density at radius 2 is 2.09 bits per heavy atom. The van der Waals surface area contributed by atoms with E-state index in [0.29, 0.717) is 24.3 Å². The third-order valence-electron chi connectivity index (χ3n) is 3.70. The molecule has 2 N–H and O–H groups in total. The highest BCUT2D eigenvalue weighted by atomic mass is 32.2. The number of hydrogen-bond donors (Lipinski definition) is 1. The van der Waals surface area contributed by atoms with Crippen molar-refractivity contribution in [3.63, 3.8) is 0 Å². The molecule has 2 amide bonds. The van der Waals surface area contributed by atoms with Crippen LogP contribution in [0, 0.1) is 5.92 Å². The van der Waals surface area contributed by atoms with Crippen LogP contribution in [0.1, 0.15) is 18.4 Å². The van der Waals surface area contributed by atoms with E-state index in [1.807, 2.05) is 0 Å². The van der Waals surface area contributed by atoms with E-state index < -0.39 is 17.6 Å². The number of amides is 2. The predicted octanol–water partition coefficient (Wildman–Crippen LogP) is 2.52. The van der Waals surface area contributed by atoms with Gasteiger partial charge in [0.05, 0.1) is 17.2 Å². The quantitative estimate of drug-likeness (QED) is 0.852. The first-order chi connectivity index (χ1) is 10.8. The lowest BCUT2D eigenvalue weighted by Crippen LogP contribution is -2.44. The van der Waals surface area contributed by atoms with Gasteiger partial charge in [-0.25, -0.2) is 0 Å². The smallest absolute Gasteiger partial charge is 0.369 e. The molecule has 0 aliphatic carbocycles. The van der Waals surface area contributed by atoms with Gasteiger partial charge in [-0.15, -0.1) is 11.8 Å². The number of thioether (sulfide) groups is 1. The summed E-state index contributed by atoms with van der Waals surface area (Å²) < 4.78 is 37.9. The molecule has 0 spiro atoms. The van der Waals surface area contributed by atoms with Crippen LogP contribution in [0.3, 0.4) is 0 Å². The molecule has 0 saturated carbocycles. The highest BCUT2D eigenvalue weighted by Gasteiger charge is 2.30. The Labute approximate surface area is 136 Å². The zero-order valence-electron chi connectivity index (χ0n) is 12.3. The standard InChI is InChI=1S/C15H17F3N2O2S/c16-15(17,18)11-4-1-5-12(7-11)23-9-13(21)20-6-2-3-10(8-20)14(19)22/h1,4-5,7,10H,2-3,6,8-9H2,(H2,19,22). The molecule has 1 atom stereocenters. The first kappa shape index (κ1) is 17.7. The molecule has 0 radical (unpaired) electrons. The summed E-state index contributed by atoms with van der Waals surface area (Å²) in [5.74, 6) is -0.926. The maximum absolute atomic E-state index is 12.6. The van der Waals surface area contributed by atoms with Crippen molar-refractivity contribution in [3.8, 4) is 0 Å². The Morgan fingerprint density at radius 3 is 2.74 bits per heavy atom. The minimum absolute atomic E-state index is 0.0345. The van der Waals surface area contributed by atoms with Gasteiger partial charge in [0.1, 0.15) is 0 Å². The monoisotopic (exact) mass is 346 g/mol. The molecule has 8 heteroatoms. The summed E-state index contributed by atoms with van der Waals surface area (Å²) in [5, 5.41) is 0. The van der Waals surface area contributed by atoms with Gasteiger partial charge in [-0.3, -0.25) is 9.59 Å². The maximum Gasteiger partial charge on any atom is 0.416 e. The fourth-order valence-corrected chi connectivity index (χ4v) is 3.29. The highest BCUT2D eigenvalue weighted by molar-refractivity contribution is 8.00. The number of carbonyl (C=O) groups excluding carboxylic acids is 2. The number of likely N-dealkylation sites (tertiary alicyclic amines) is 1. The van der Waals surface area contributed by atoms with Crippen molar-refractivity contribution >= 4 is 23.6 Å². The van der Waals surface area contributed by atoms with Crippen molar-refractivity contribution in [3.05, 3.63) is 29.8 Å². The Kier molecular flexibility index (Phi) is 5.56. The summed E-state index contributed by atoms with van der Waals surface area (Å²) in [5.41, 5.74) is 4.53. The average molecular weight is 346 g/mol. The molecule has 1 aliphatic heterocycles. The largest absolute Gasteiger partial charge is 0.416 e. The fraction of sp³-hybridized carbons (Fsp3) is 0.467. The molecule has 4 nitrogen and oxygen atoms in total. The van der Waals surface area contributed by atoms with E-state index in [9.17, 15) is 22.8 Å². The van der Waals surface area contributed by atoms with E-state index in [0.717, 1.165) is 23.9 Å². The lowest BCUT2D eigenvalue weighted by molar-refractivity contribution is -0.137. The molecule has 0 aromatic heterocycles. The third kappa shape index (κ3) is 4.89. The number of carbonyl (C=O) groups is 2. The number of piperidine rings is 1. The Balaban J connectivity index is 1.93. The van der Waals surface area contributed by atoms with Crippen LogP contribution in [-0.4, -0.2) is 35.6 Å². The summed E-state index contributed by atoms with van der Waals surface area (Å²) in [6.07, 6.45) is -3.03. The van der Waals surface area contributed by atoms with Crippen LogP contribution < -0.4 is 5.73 Å². The SMILES string of the molecule is NC(=O)C1CCCN(C(=O)CSc2cccc(C(F)(F)F)c2)C1. The zero-order chi connectivity index (χ0) is 17.0. The molecule has 1 aromatic carbocycles. The van der Waals surface area contributed by atoms with Crippen LogP contribution >= 0.6 is 11.8 Å².